The zero-order valence-corrected chi connectivity index (χ0v) is 20.0. The molecule has 3 aromatic carbocycles. The van der Waals surface area contributed by atoms with E-state index in [0.29, 0.717) is 29.7 Å². The van der Waals surface area contributed by atoms with E-state index >= 15 is 0 Å². The SMILES string of the molecule is C=Cc1cc(Cl)ccc1N1CCN(C(=O)Cc2c(F)cccc2Cl)CC1c1ccc(Cl)cc1. The van der Waals surface area contributed by atoms with Gasteiger partial charge in [0.15, 0.2) is 0 Å². The number of hydrogen-bond donors (Lipinski definition) is 0. The van der Waals surface area contributed by atoms with Crippen LogP contribution in [-0.2, 0) is 11.2 Å². The van der Waals surface area contributed by atoms with Gasteiger partial charge in [0.2, 0.25) is 5.91 Å². The minimum atomic E-state index is -0.472. The summed E-state index contributed by atoms with van der Waals surface area (Å²) in [6.07, 6.45) is 1.69. The molecule has 0 saturated carbocycles. The average Bonchev–Trinajstić information content (AvgIpc) is 2.81. The molecule has 1 atom stereocenters. The Hall–Kier alpha value is -2.53. The van der Waals surface area contributed by atoms with Gasteiger partial charge in [-0.1, -0.05) is 65.7 Å². The highest BCUT2D eigenvalue weighted by Crippen LogP contribution is 2.35. The largest absolute Gasteiger partial charge is 0.360 e. The maximum atomic E-state index is 14.3. The monoisotopic (exact) mass is 502 g/mol. The Morgan fingerprint density at radius 2 is 1.76 bits per heavy atom. The third-order valence-corrected chi connectivity index (χ3v) is 6.74. The number of halogens is 4. The number of hydrogen-bond acceptors (Lipinski definition) is 2. The van der Waals surface area contributed by atoms with Crippen molar-refractivity contribution in [3.8, 4) is 0 Å². The molecule has 7 heteroatoms. The van der Waals surface area contributed by atoms with Gasteiger partial charge in [0.05, 0.1) is 12.5 Å². The Kier molecular flexibility index (Phi) is 7.28. The molecule has 1 fully saturated rings. The summed E-state index contributed by atoms with van der Waals surface area (Å²) in [5.74, 6) is -0.638. The minimum absolute atomic E-state index is 0.0856. The molecule has 170 valence electrons. The second-order valence-corrected chi connectivity index (χ2v) is 9.16. The standard InChI is InChI=1S/C26H22Cl3FN2O/c1-2-17-14-20(28)10-11-24(17)32-13-12-31(16-25(32)18-6-8-19(27)9-7-18)26(33)15-21-22(29)4-3-5-23(21)30/h2-11,14,25H,1,12-13,15-16H2. The van der Waals surface area contributed by atoms with Gasteiger partial charge in [-0.25, -0.2) is 4.39 Å². The van der Waals surface area contributed by atoms with Crippen molar-refractivity contribution in [1.82, 2.24) is 4.90 Å². The van der Waals surface area contributed by atoms with E-state index in [1.807, 2.05) is 42.5 Å². The molecule has 3 nitrogen and oxygen atoms in total. The highest BCUT2D eigenvalue weighted by Gasteiger charge is 2.32. The predicted molar refractivity (Wildman–Crippen MR) is 135 cm³/mol. The van der Waals surface area contributed by atoms with Crippen LogP contribution in [0.3, 0.4) is 0 Å². The topological polar surface area (TPSA) is 23.6 Å². The molecule has 1 heterocycles. The van der Waals surface area contributed by atoms with Crippen molar-refractivity contribution in [3.63, 3.8) is 0 Å². The molecule has 33 heavy (non-hydrogen) atoms. The van der Waals surface area contributed by atoms with Gasteiger partial charge < -0.3 is 9.80 Å². The number of carbonyl (C=O) groups is 1. The first-order valence-electron chi connectivity index (χ1n) is 10.5. The van der Waals surface area contributed by atoms with Crippen molar-refractivity contribution in [1.29, 1.82) is 0 Å². The van der Waals surface area contributed by atoms with E-state index in [0.717, 1.165) is 16.8 Å². The van der Waals surface area contributed by atoms with Gasteiger partial charge in [-0.15, -0.1) is 0 Å². The van der Waals surface area contributed by atoms with Gasteiger partial charge in [0.1, 0.15) is 5.82 Å². The maximum Gasteiger partial charge on any atom is 0.227 e. The van der Waals surface area contributed by atoms with E-state index in [1.165, 1.54) is 12.1 Å². The first-order valence-corrected chi connectivity index (χ1v) is 11.7. The van der Waals surface area contributed by atoms with E-state index in [2.05, 4.69) is 11.5 Å². The molecule has 1 aliphatic heterocycles. The number of carbonyl (C=O) groups excluding carboxylic acids is 1. The molecule has 0 bridgehead atoms. The third-order valence-electron chi connectivity index (χ3n) is 5.90. The van der Waals surface area contributed by atoms with Gasteiger partial charge in [0, 0.05) is 46.0 Å². The molecule has 1 unspecified atom stereocenters. The predicted octanol–water partition coefficient (Wildman–Crippen LogP) is 7.06. The van der Waals surface area contributed by atoms with E-state index < -0.39 is 5.82 Å². The van der Waals surface area contributed by atoms with Crippen LogP contribution in [0.1, 0.15) is 22.7 Å². The lowest BCUT2D eigenvalue weighted by Crippen LogP contribution is -2.51. The number of rotatable bonds is 5. The molecule has 3 aromatic rings. The molecule has 0 radical (unpaired) electrons. The number of benzene rings is 3. The quantitative estimate of drug-likeness (QED) is 0.372. The summed E-state index contributed by atoms with van der Waals surface area (Å²) in [4.78, 5) is 17.2. The maximum absolute atomic E-state index is 14.3. The van der Waals surface area contributed by atoms with E-state index in [1.54, 1.807) is 17.0 Å². The van der Waals surface area contributed by atoms with E-state index in [4.69, 9.17) is 34.8 Å². The molecule has 4 rings (SSSR count). The highest BCUT2D eigenvalue weighted by molar-refractivity contribution is 6.31. The lowest BCUT2D eigenvalue weighted by Gasteiger charge is -2.43. The first kappa shape index (κ1) is 23.6. The Bertz CT molecular complexity index is 1160. The number of piperazine rings is 1. The third kappa shape index (κ3) is 5.19. The summed E-state index contributed by atoms with van der Waals surface area (Å²) < 4.78 is 14.3. The second-order valence-electron chi connectivity index (χ2n) is 7.88. The fourth-order valence-electron chi connectivity index (χ4n) is 4.18. The van der Waals surface area contributed by atoms with Gasteiger partial charge in [-0.2, -0.15) is 0 Å². The number of anilines is 1. The second kappa shape index (κ2) is 10.2. The molecule has 0 N–H and O–H groups in total. The van der Waals surface area contributed by atoms with E-state index in [-0.39, 0.29) is 29.0 Å². The van der Waals surface area contributed by atoms with Crippen LogP contribution < -0.4 is 4.90 Å². The lowest BCUT2D eigenvalue weighted by molar-refractivity contribution is -0.131. The zero-order chi connectivity index (χ0) is 23.5. The van der Waals surface area contributed by atoms with Crippen molar-refractivity contribution in [2.75, 3.05) is 24.5 Å². The Balaban J connectivity index is 1.65. The van der Waals surface area contributed by atoms with Gasteiger partial charge in [-0.3, -0.25) is 4.79 Å². The van der Waals surface area contributed by atoms with Crippen LogP contribution in [0.4, 0.5) is 10.1 Å². The molecule has 0 aliphatic carbocycles. The summed E-state index contributed by atoms with van der Waals surface area (Å²) in [7, 11) is 0. The van der Waals surface area contributed by atoms with Crippen molar-refractivity contribution >= 4 is 52.5 Å². The molecule has 1 saturated heterocycles. The summed E-state index contributed by atoms with van der Waals surface area (Å²) in [6, 6.07) is 17.6. The van der Waals surface area contributed by atoms with Crippen LogP contribution in [-0.4, -0.2) is 30.4 Å². The van der Waals surface area contributed by atoms with Crippen molar-refractivity contribution < 1.29 is 9.18 Å². The molecule has 0 spiro atoms. The Morgan fingerprint density at radius 1 is 1.03 bits per heavy atom. The molecule has 0 aromatic heterocycles. The minimum Gasteiger partial charge on any atom is -0.360 e. The van der Waals surface area contributed by atoms with Gasteiger partial charge in [0.25, 0.3) is 0 Å². The van der Waals surface area contributed by atoms with Crippen molar-refractivity contribution in [3.05, 3.63) is 105 Å². The normalized spacial score (nSPS) is 16.1. The summed E-state index contributed by atoms with van der Waals surface area (Å²) in [5, 5.41) is 1.53. The summed E-state index contributed by atoms with van der Waals surface area (Å²) >= 11 is 18.5. The van der Waals surface area contributed by atoms with Gasteiger partial charge in [-0.05, 0) is 53.6 Å². The first-order chi connectivity index (χ1) is 15.9. The molecular weight excluding hydrogens is 482 g/mol. The molecular formula is C26H22Cl3FN2O. The average molecular weight is 504 g/mol. The fourth-order valence-corrected chi connectivity index (χ4v) is 4.72. The van der Waals surface area contributed by atoms with Crippen molar-refractivity contribution in [2.45, 2.75) is 12.5 Å². The van der Waals surface area contributed by atoms with Crippen LogP contribution in [0, 0.1) is 5.82 Å². The van der Waals surface area contributed by atoms with Crippen LogP contribution in [0.2, 0.25) is 15.1 Å². The lowest BCUT2D eigenvalue weighted by atomic mass is 9.99. The van der Waals surface area contributed by atoms with Crippen LogP contribution in [0.5, 0.6) is 0 Å². The van der Waals surface area contributed by atoms with Crippen LogP contribution in [0.15, 0.2) is 67.2 Å². The highest BCUT2D eigenvalue weighted by atomic mass is 35.5. The molecule has 1 aliphatic rings. The molecule has 1 amide bonds. The number of nitrogens with zero attached hydrogens (tertiary/aromatic N) is 2. The van der Waals surface area contributed by atoms with Crippen molar-refractivity contribution in [2.24, 2.45) is 0 Å². The Morgan fingerprint density at radius 3 is 2.45 bits per heavy atom. The van der Waals surface area contributed by atoms with E-state index in [9.17, 15) is 9.18 Å². The van der Waals surface area contributed by atoms with Gasteiger partial charge >= 0.3 is 0 Å². The Labute approximate surface area is 208 Å². The smallest absolute Gasteiger partial charge is 0.227 e. The summed E-state index contributed by atoms with van der Waals surface area (Å²) in [6.45, 7) is 5.45. The van der Waals surface area contributed by atoms with Crippen LogP contribution >= 0.6 is 34.8 Å². The summed E-state index contributed by atoms with van der Waals surface area (Å²) in [5.41, 5.74) is 3.14. The fraction of sp³-hybridized carbons (Fsp3) is 0.192. The number of amides is 1. The van der Waals surface area contributed by atoms with Crippen LogP contribution in [0.25, 0.3) is 6.08 Å². The zero-order valence-electron chi connectivity index (χ0n) is 17.8.